The quantitative estimate of drug-likeness (QED) is 0.636. The second kappa shape index (κ2) is 9.23. The molecule has 0 bridgehead atoms. The molecule has 1 aromatic rings. The van der Waals surface area contributed by atoms with Gasteiger partial charge in [0.2, 0.25) is 0 Å². The largest absolute Gasteiger partial charge is 0.357 e. The topological polar surface area (TPSA) is 30.9 Å². The van der Waals surface area contributed by atoms with Gasteiger partial charge in [0.15, 0.2) is 5.96 Å². The number of benzene rings is 1. The maximum absolute atomic E-state index is 5.00. The number of likely N-dealkylation sites (tertiary alicyclic amines) is 2. The lowest BCUT2D eigenvalue weighted by Gasteiger charge is -2.22. The number of rotatable bonds is 6. The van der Waals surface area contributed by atoms with Crippen LogP contribution in [0.3, 0.4) is 0 Å². The van der Waals surface area contributed by atoms with Crippen LogP contribution in [0.15, 0.2) is 35.3 Å². The van der Waals surface area contributed by atoms with Gasteiger partial charge in [-0.2, -0.15) is 0 Å². The molecule has 25 heavy (non-hydrogen) atoms. The van der Waals surface area contributed by atoms with Crippen LogP contribution in [0.1, 0.15) is 44.6 Å². The van der Waals surface area contributed by atoms with Gasteiger partial charge >= 0.3 is 0 Å². The Labute approximate surface area is 153 Å². The van der Waals surface area contributed by atoms with Gasteiger partial charge in [-0.15, -0.1) is 0 Å². The van der Waals surface area contributed by atoms with Gasteiger partial charge in [-0.3, -0.25) is 4.99 Å². The average molecular weight is 343 g/mol. The Kier molecular flexibility index (Phi) is 6.74. The molecule has 2 saturated heterocycles. The zero-order valence-electron chi connectivity index (χ0n) is 16.0. The summed E-state index contributed by atoms with van der Waals surface area (Å²) in [5.41, 5.74) is 1.46. The normalized spacial score (nSPS) is 24.9. The van der Waals surface area contributed by atoms with Crippen molar-refractivity contribution in [1.29, 1.82) is 0 Å². The molecule has 0 spiro atoms. The second-order valence-electron chi connectivity index (χ2n) is 7.49. The smallest absolute Gasteiger partial charge is 0.193 e. The molecule has 2 aliphatic heterocycles. The van der Waals surface area contributed by atoms with Gasteiger partial charge in [0.25, 0.3) is 0 Å². The molecular formula is C21H34N4. The monoisotopic (exact) mass is 342 g/mol. The Morgan fingerprint density at radius 3 is 2.72 bits per heavy atom. The molecule has 2 heterocycles. The van der Waals surface area contributed by atoms with Gasteiger partial charge in [0.05, 0.1) is 0 Å². The van der Waals surface area contributed by atoms with Crippen LogP contribution in [-0.2, 0) is 0 Å². The third kappa shape index (κ3) is 4.97. The van der Waals surface area contributed by atoms with Crippen LogP contribution in [0.5, 0.6) is 0 Å². The predicted molar refractivity (Wildman–Crippen MR) is 106 cm³/mol. The fourth-order valence-electron chi connectivity index (χ4n) is 4.17. The molecule has 138 valence electrons. The van der Waals surface area contributed by atoms with Crippen molar-refractivity contribution in [2.24, 2.45) is 10.9 Å². The fourth-order valence-corrected chi connectivity index (χ4v) is 4.17. The van der Waals surface area contributed by atoms with Gasteiger partial charge in [-0.25, -0.2) is 0 Å². The number of nitrogens with zero attached hydrogens (tertiary/aromatic N) is 3. The molecule has 4 nitrogen and oxygen atoms in total. The first-order valence-electron chi connectivity index (χ1n) is 10.1. The molecule has 0 saturated carbocycles. The van der Waals surface area contributed by atoms with E-state index in [1.165, 1.54) is 44.5 Å². The van der Waals surface area contributed by atoms with Crippen LogP contribution in [0.25, 0.3) is 0 Å². The Hall–Kier alpha value is -1.55. The summed E-state index contributed by atoms with van der Waals surface area (Å²) in [6, 6.07) is 10.9. The van der Waals surface area contributed by atoms with Crippen LogP contribution in [0.2, 0.25) is 0 Å². The lowest BCUT2D eigenvalue weighted by molar-refractivity contribution is 0.326. The molecule has 1 aromatic carbocycles. The van der Waals surface area contributed by atoms with Crippen molar-refractivity contribution >= 4 is 5.96 Å². The van der Waals surface area contributed by atoms with E-state index in [4.69, 9.17) is 4.99 Å². The van der Waals surface area contributed by atoms with Crippen LogP contribution in [0.4, 0.5) is 0 Å². The Morgan fingerprint density at radius 1 is 1.12 bits per heavy atom. The zero-order valence-corrected chi connectivity index (χ0v) is 16.0. The van der Waals surface area contributed by atoms with Crippen molar-refractivity contribution in [3.8, 4) is 0 Å². The predicted octanol–water partition coefficient (Wildman–Crippen LogP) is 3.17. The van der Waals surface area contributed by atoms with Crippen molar-refractivity contribution in [1.82, 2.24) is 15.1 Å². The molecule has 0 radical (unpaired) electrons. The van der Waals surface area contributed by atoms with E-state index in [2.05, 4.69) is 59.3 Å². The highest BCUT2D eigenvalue weighted by Gasteiger charge is 2.27. The third-order valence-electron chi connectivity index (χ3n) is 5.50. The fraction of sp³-hybridized carbons (Fsp3) is 0.667. The first kappa shape index (κ1) is 18.2. The van der Waals surface area contributed by atoms with Gasteiger partial charge < -0.3 is 15.1 Å². The molecule has 1 N–H and O–H groups in total. The molecule has 4 heteroatoms. The minimum atomic E-state index is 0.636. The van der Waals surface area contributed by atoms with Crippen molar-refractivity contribution in [2.45, 2.75) is 39.0 Å². The molecule has 2 unspecified atom stereocenters. The molecule has 0 aliphatic carbocycles. The number of aliphatic imine (C=N–C) groups is 1. The minimum absolute atomic E-state index is 0.636. The van der Waals surface area contributed by atoms with Crippen molar-refractivity contribution in [3.05, 3.63) is 35.9 Å². The minimum Gasteiger partial charge on any atom is -0.357 e. The number of nitrogens with one attached hydrogen (secondary N) is 1. The van der Waals surface area contributed by atoms with Crippen LogP contribution < -0.4 is 5.32 Å². The van der Waals surface area contributed by atoms with E-state index in [9.17, 15) is 0 Å². The number of hydrogen-bond donors (Lipinski definition) is 1. The Morgan fingerprint density at radius 2 is 1.96 bits per heavy atom. The highest BCUT2D eigenvalue weighted by molar-refractivity contribution is 5.80. The van der Waals surface area contributed by atoms with E-state index in [1.54, 1.807) is 0 Å². The summed E-state index contributed by atoms with van der Waals surface area (Å²) in [5, 5.41) is 3.52. The first-order valence-corrected chi connectivity index (χ1v) is 10.1. The SMILES string of the molecule is CCCN1CCC(CN=C(NCC)N2CCC(c3ccccc3)C2)C1. The molecule has 2 fully saturated rings. The molecule has 0 amide bonds. The second-order valence-corrected chi connectivity index (χ2v) is 7.49. The number of hydrogen-bond acceptors (Lipinski definition) is 2. The van der Waals surface area contributed by atoms with E-state index in [0.717, 1.165) is 38.1 Å². The highest BCUT2D eigenvalue weighted by Crippen LogP contribution is 2.27. The summed E-state index contributed by atoms with van der Waals surface area (Å²) in [5.74, 6) is 2.49. The van der Waals surface area contributed by atoms with E-state index in [0.29, 0.717) is 5.92 Å². The van der Waals surface area contributed by atoms with Gasteiger partial charge in [0.1, 0.15) is 0 Å². The van der Waals surface area contributed by atoms with Gasteiger partial charge in [-0.1, -0.05) is 37.3 Å². The molecule has 2 aliphatic rings. The van der Waals surface area contributed by atoms with Crippen LogP contribution in [-0.4, -0.2) is 61.6 Å². The van der Waals surface area contributed by atoms with Crippen LogP contribution in [0, 0.1) is 5.92 Å². The van der Waals surface area contributed by atoms with Crippen LogP contribution >= 0.6 is 0 Å². The van der Waals surface area contributed by atoms with E-state index in [-0.39, 0.29) is 0 Å². The lowest BCUT2D eigenvalue weighted by atomic mass is 9.99. The molecule has 3 rings (SSSR count). The van der Waals surface area contributed by atoms with Crippen molar-refractivity contribution < 1.29 is 0 Å². The summed E-state index contributed by atoms with van der Waals surface area (Å²) in [7, 11) is 0. The number of guanidine groups is 1. The molecule has 0 aromatic heterocycles. The Balaban J connectivity index is 1.56. The van der Waals surface area contributed by atoms with Crippen molar-refractivity contribution in [2.75, 3.05) is 45.8 Å². The standard InChI is InChI=1S/C21H34N4/c1-3-12-24-13-10-18(16-24)15-23-21(22-4-2)25-14-11-20(17-25)19-8-6-5-7-9-19/h5-9,18,20H,3-4,10-17H2,1-2H3,(H,22,23). The van der Waals surface area contributed by atoms with E-state index >= 15 is 0 Å². The molecular weight excluding hydrogens is 308 g/mol. The highest BCUT2D eigenvalue weighted by atomic mass is 15.3. The Bertz CT molecular complexity index is 542. The summed E-state index contributed by atoms with van der Waals surface area (Å²) in [6.45, 7) is 12.3. The van der Waals surface area contributed by atoms with Crippen molar-refractivity contribution in [3.63, 3.8) is 0 Å². The molecule has 2 atom stereocenters. The third-order valence-corrected chi connectivity index (χ3v) is 5.50. The maximum atomic E-state index is 5.00. The lowest BCUT2D eigenvalue weighted by Crippen LogP contribution is -2.40. The first-order chi connectivity index (χ1) is 12.3. The maximum Gasteiger partial charge on any atom is 0.193 e. The summed E-state index contributed by atoms with van der Waals surface area (Å²) in [6.07, 6.45) is 3.78. The van der Waals surface area contributed by atoms with E-state index in [1.807, 2.05) is 0 Å². The van der Waals surface area contributed by atoms with Gasteiger partial charge in [-0.05, 0) is 50.8 Å². The summed E-state index contributed by atoms with van der Waals surface area (Å²) in [4.78, 5) is 10.1. The summed E-state index contributed by atoms with van der Waals surface area (Å²) < 4.78 is 0. The van der Waals surface area contributed by atoms with Gasteiger partial charge in [0, 0.05) is 38.6 Å². The van der Waals surface area contributed by atoms with E-state index < -0.39 is 0 Å². The summed E-state index contributed by atoms with van der Waals surface area (Å²) >= 11 is 0. The average Bonchev–Trinajstić information content (AvgIpc) is 3.29. The zero-order chi connectivity index (χ0) is 17.5.